The smallest absolute Gasteiger partial charge is 0.244 e. The lowest BCUT2D eigenvalue weighted by molar-refractivity contribution is -0.122. The van der Waals surface area contributed by atoms with E-state index in [1.165, 1.54) is 4.88 Å². The first-order chi connectivity index (χ1) is 10.2. The maximum atomic E-state index is 12.6. The van der Waals surface area contributed by atoms with Crippen molar-refractivity contribution in [1.29, 1.82) is 0 Å². The maximum absolute atomic E-state index is 12.6. The number of piperidine rings is 1. The van der Waals surface area contributed by atoms with Gasteiger partial charge < -0.3 is 10.6 Å². The molecule has 1 fully saturated rings. The Labute approximate surface area is 129 Å². The Bertz CT molecular complexity index is 615. The summed E-state index contributed by atoms with van der Waals surface area (Å²) < 4.78 is 0. The first kappa shape index (κ1) is 14.3. The fourth-order valence-electron chi connectivity index (χ4n) is 2.75. The topological polar surface area (TPSA) is 41.1 Å². The molecule has 2 N–H and O–H groups in total. The molecule has 1 aliphatic heterocycles. The van der Waals surface area contributed by atoms with Crippen LogP contribution in [0, 0.1) is 0 Å². The van der Waals surface area contributed by atoms with Crippen molar-refractivity contribution in [3.8, 4) is 10.4 Å². The molecule has 3 nitrogen and oxygen atoms in total. The van der Waals surface area contributed by atoms with Crippen molar-refractivity contribution in [1.82, 2.24) is 5.32 Å². The van der Waals surface area contributed by atoms with Crippen LogP contribution in [0.2, 0.25) is 0 Å². The summed E-state index contributed by atoms with van der Waals surface area (Å²) in [7, 11) is 0. The monoisotopic (exact) mass is 300 g/mol. The van der Waals surface area contributed by atoms with Crippen molar-refractivity contribution in [3.63, 3.8) is 0 Å². The van der Waals surface area contributed by atoms with Crippen LogP contribution in [-0.4, -0.2) is 18.0 Å². The number of rotatable bonds is 3. The van der Waals surface area contributed by atoms with Crippen LogP contribution in [-0.2, 0) is 4.79 Å². The predicted molar refractivity (Wildman–Crippen MR) is 88.6 cm³/mol. The number of thiophene rings is 1. The highest BCUT2D eigenvalue weighted by Crippen LogP contribution is 2.32. The summed E-state index contributed by atoms with van der Waals surface area (Å²) >= 11 is 1.69. The molecule has 2 heterocycles. The summed E-state index contributed by atoms with van der Waals surface area (Å²) in [4.78, 5) is 13.8. The Balaban J connectivity index is 1.83. The Kier molecular flexibility index (Phi) is 4.08. The van der Waals surface area contributed by atoms with Crippen LogP contribution in [0.1, 0.15) is 26.2 Å². The van der Waals surface area contributed by atoms with E-state index in [2.05, 4.69) is 28.1 Å². The van der Waals surface area contributed by atoms with Crippen molar-refractivity contribution < 1.29 is 4.79 Å². The van der Waals surface area contributed by atoms with Gasteiger partial charge in [0.25, 0.3) is 0 Å². The largest absolute Gasteiger partial charge is 0.324 e. The molecule has 110 valence electrons. The summed E-state index contributed by atoms with van der Waals surface area (Å²) in [5, 5.41) is 8.53. The molecule has 21 heavy (non-hydrogen) atoms. The molecular formula is C17H20N2OS. The maximum Gasteiger partial charge on any atom is 0.244 e. The third kappa shape index (κ3) is 3.01. The van der Waals surface area contributed by atoms with Gasteiger partial charge >= 0.3 is 0 Å². The zero-order valence-corrected chi connectivity index (χ0v) is 13.0. The zero-order valence-electron chi connectivity index (χ0n) is 12.2. The van der Waals surface area contributed by atoms with E-state index >= 15 is 0 Å². The number of carbonyl (C=O) groups excluding carboxylic acids is 1. The van der Waals surface area contributed by atoms with E-state index in [1.807, 2.05) is 31.2 Å². The van der Waals surface area contributed by atoms with E-state index in [0.29, 0.717) is 0 Å². The van der Waals surface area contributed by atoms with E-state index in [-0.39, 0.29) is 5.91 Å². The van der Waals surface area contributed by atoms with Gasteiger partial charge in [-0.25, -0.2) is 0 Å². The SMILES string of the molecule is CC1(C(=O)Nc2ccccc2-c2cccs2)CCCCN1. The molecule has 2 aromatic rings. The number of para-hydroxylation sites is 1. The number of hydrogen-bond donors (Lipinski definition) is 2. The highest BCUT2D eigenvalue weighted by molar-refractivity contribution is 7.13. The summed E-state index contributed by atoms with van der Waals surface area (Å²) in [5.41, 5.74) is 1.51. The van der Waals surface area contributed by atoms with Gasteiger partial charge in [0.15, 0.2) is 0 Å². The number of nitrogens with one attached hydrogen (secondary N) is 2. The van der Waals surface area contributed by atoms with Crippen LogP contribution in [0.25, 0.3) is 10.4 Å². The average Bonchev–Trinajstić information content (AvgIpc) is 3.02. The summed E-state index contributed by atoms with van der Waals surface area (Å²) in [5.74, 6) is 0.0613. The van der Waals surface area contributed by atoms with Gasteiger partial charge in [0, 0.05) is 16.1 Å². The molecule has 1 aromatic heterocycles. The van der Waals surface area contributed by atoms with Crippen LogP contribution in [0.4, 0.5) is 5.69 Å². The van der Waals surface area contributed by atoms with Gasteiger partial charge in [-0.1, -0.05) is 24.3 Å². The number of hydrogen-bond acceptors (Lipinski definition) is 3. The van der Waals surface area contributed by atoms with E-state index in [4.69, 9.17) is 0 Å². The zero-order chi connectivity index (χ0) is 14.7. The van der Waals surface area contributed by atoms with Crippen LogP contribution < -0.4 is 10.6 Å². The molecule has 0 bridgehead atoms. The second-order valence-electron chi connectivity index (χ2n) is 5.69. The highest BCUT2D eigenvalue weighted by atomic mass is 32.1. The third-order valence-corrected chi connectivity index (χ3v) is 4.98. The van der Waals surface area contributed by atoms with Gasteiger partial charge in [0.1, 0.15) is 0 Å². The second-order valence-corrected chi connectivity index (χ2v) is 6.64. The quantitative estimate of drug-likeness (QED) is 0.903. The van der Waals surface area contributed by atoms with Crippen molar-refractivity contribution >= 4 is 22.9 Å². The average molecular weight is 300 g/mol. The second kappa shape index (κ2) is 6.00. The van der Waals surface area contributed by atoms with Crippen molar-refractivity contribution in [2.24, 2.45) is 0 Å². The molecule has 4 heteroatoms. The molecule has 0 saturated carbocycles. The molecule has 1 aromatic carbocycles. The molecular weight excluding hydrogens is 280 g/mol. The van der Waals surface area contributed by atoms with Crippen LogP contribution in [0.3, 0.4) is 0 Å². The number of anilines is 1. The fourth-order valence-corrected chi connectivity index (χ4v) is 3.51. The molecule has 3 rings (SSSR count). The highest BCUT2D eigenvalue weighted by Gasteiger charge is 2.34. The molecule has 0 spiro atoms. The van der Waals surface area contributed by atoms with Crippen LogP contribution >= 0.6 is 11.3 Å². The van der Waals surface area contributed by atoms with Gasteiger partial charge in [0.05, 0.1) is 5.54 Å². The van der Waals surface area contributed by atoms with Crippen molar-refractivity contribution in [2.75, 3.05) is 11.9 Å². The molecule has 1 aliphatic rings. The summed E-state index contributed by atoms with van der Waals surface area (Å²) in [6.45, 7) is 2.91. The molecule has 1 unspecified atom stereocenters. The van der Waals surface area contributed by atoms with E-state index in [9.17, 15) is 4.79 Å². The minimum absolute atomic E-state index is 0.0613. The third-order valence-electron chi connectivity index (χ3n) is 4.08. The van der Waals surface area contributed by atoms with E-state index in [0.717, 1.165) is 37.1 Å². The Morgan fingerprint density at radius 1 is 1.24 bits per heavy atom. The van der Waals surface area contributed by atoms with Crippen LogP contribution in [0.5, 0.6) is 0 Å². The first-order valence-corrected chi connectivity index (χ1v) is 8.26. The molecule has 0 aliphatic carbocycles. The van der Waals surface area contributed by atoms with Gasteiger partial charge in [-0.05, 0) is 50.2 Å². The molecule has 1 saturated heterocycles. The summed E-state index contributed by atoms with van der Waals surface area (Å²) in [6.07, 6.45) is 3.14. The van der Waals surface area contributed by atoms with Gasteiger partial charge in [0.2, 0.25) is 5.91 Å². The van der Waals surface area contributed by atoms with E-state index < -0.39 is 5.54 Å². The fraction of sp³-hybridized carbons (Fsp3) is 0.353. The van der Waals surface area contributed by atoms with Gasteiger partial charge in [-0.3, -0.25) is 4.79 Å². The Morgan fingerprint density at radius 2 is 2.10 bits per heavy atom. The number of benzene rings is 1. The van der Waals surface area contributed by atoms with Crippen molar-refractivity contribution in [2.45, 2.75) is 31.7 Å². The lowest BCUT2D eigenvalue weighted by atomic mass is 9.90. The van der Waals surface area contributed by atoms with Crippen LogP contribution in [0.15, 0.2) is 41.8 Å². The lowest BCUT2D eigenvalue weighted by Crippen LogP contribution is -2.54. The van der Waals surface area contributed by atoms with Crippen molar-refractivity contribution in [3.05, 3.63) is 41.8 Å². The predicted octanol–water partition coefficient (Wildman–Crippen LogP) is 3.89. The minimum atomic E-state index is -0.458. The van der Waals surface area contributed by atoms with Gasteiger partial charge in [-0.15, -0.1) is 11.3 Å². The lowest BCUT2D eigenvalue weighted by Gasteiger charge is -2.33. The number of carbonyl (C=O) groups is 1. The molecule has 1 atom stereocenters. The Hall–Kier alpha value is -1.65. The normalized spacial score (nSPS) is 22.0. The standard InChI is InChI=1S/C17H20N2OS/c1-17(10-4-5-11-18-17)16(20)19-14-8-3-2-7-13(14)15-9-6-12-21-15/h2-3,6-9,12,18H,4-5,10-11H2,1H3,(H,19,20). The minimum Gasteiger partial charge on any atom is -0.324 e. The summed E-state index contributed by atoms with van der Waals surface area (Å²) in [6, 6.07) is 12.1. The number of amides is 1. The van der Waals surface area contributed by atoms with E-state index in [1.54, 1.807) is 11.3 Å². The first-order valence-electron chi connectivity index (χ1n) is 7.38. The molecule has 0 radical (unpaired) electrons. The van der Waals surface area contributed by atoms with Gasteiger partial charge in [-0.2, -0.15) is 0 Å². The Morgan fingerprint density at radius 3 is 2.81 bits per heavy atom. The molecule has 1 amide bonds.